The second kappa shape index (κ2) is 10.4. The molecule has 3 heterocycles. The number of aryl methyl sites for hydroxylation is 1. The van der Waals surface area contributed by atoms with Gasteiger partial charge in [0, 0.05) is 31.6 Å². The Labute approximate surface area is 214 Å². The molecule has 0 bridgehead atoms. The number of nitrogens with zero attached hydrogens (tertiary/aromatic N) is 7. The molecule has 0 saturated carbocycles. The first-order valence-electron chi connectivity index (χ1n) is 11.8. The third-order valence-electron chi connectivity index (χ3n) is 6.08. The normalized spacial score (nSPS) is 11.2. The molecule has 0 unspecified atom stereocenters. The Hall–Kier alpha value is -5.20. The van der Waals surface area contributed by atoms with Gasteiger partial charge >= 0.3 is 0 Å². The highest BCUT2D eigenvalue weighted by Crippen LogP contribution is 2.13. The lowest BCUT2D eigenvalue weighted by Gasteiger charge is -2.09. The number of non-ortho nitro benzene ring substituents is 1. The lowest BCUT2D eigenvalue weighted by molar-refractivity contribution is -0.384. The molecular weight excluding hydrogens is 492 g/mol. The van der Waals surface area contributed by atoms with Crippen LogP contribution in [-0.4, -0.2) is 46.3 Å². The van der Waals surface area contributed by atoms with Crippen molar-refractivity contribution in [3.8, 4) is 0 Å². The highest BCUT2D eigenvalue weighted by atomic mass is 16.6. The standard InChI is InChI=1S/C25H22N8O5/c34-22(9-11-30-15-27-21-4-2-1-3-19(21)24(30)35)26-10-12-32-23-20(13-29-32)25(36)31(16-28-23)14-17-5-7-18(8-6-17)33(37)38/h1-8,13,15-16H,9-12,14H2,(H,26,34). The van der Waals surface area contributed by atoms with Crippen LogP contribution in [0.3, 0.4) is 0 Å². The molecule has 0 saturated heterocycles. The molecule has 0 aliphatic carbocycles. The molecule has 2 aromatic carbocycles. The van der Waals surface area contributed by atoms with Crippen molar-refractivity contribution >= 4 is 33.5 Å². The smallest absolute Gasteiger partial charge is 0.269 e. The number of nitrogens with one attached hydrogen (secondary N) is 1. The molecule has 5 rings (SSSR count). The summed E-state index contributed by atoms with van der Waals surface area (Å²) in [6.45, 7) is 0.958. The van der Waals surface area contributed by atoms with Gasteiger partial charge in [-0.2, -0.15) is 5.10 Å². The zero-order chi connectivity index (χ0) is 26.6. The fourth-order valence-electron chi connectivity index (χ4n) is 4.07. The number of carbonyl (C=O) groups excluding carboxylic acids is 1. The van der Waals surface area contributed by atoms with Crippen LogP contribution in [0, 0.1) is 10.1 Å². The van der Waals surface area contributed by atoms with Crippen LogP contribution in [0.2, 0.25) is 0 Å². The molecule has 0 atom stereocenters. The predicted molar refractivity (Wildman–Crippen MR) is 138 cm³/mol. The van der Waals surface area contributed by atoms with Gasteiger partial charge in [0.2, 0.25) is 5.91 Å². The first-order chi connectivity index (χ1) is 18.4. The maximum atomic E-state index is 12.9. The average molecular weight is 515 g/mol. The molecule has 38 heavy (non-hydrogen) atoms. The lowest BCUT2D eigenvalue weighted by atomic mass is 10.2. The molecule has 0 fully saturated rings. The lowest BCUT2D eigenvalue weighted by Crippen LogP contribution is -2.30. The van der Waals surface area contributed by atoms with Gasteiger partial charge in [0.25, 0.3) is 16.8 Å². The summed E-state index contributed by atoms with van der Waals surface area (Å²) in [6.07, 6.45) is 4.37. The molecule has 1 N–H and O–H groups in total. The number of fused-ring (bicyclic) bond motifs is 2. The monoisotopic (exact) mass is 514 g/mol. The van der Waals surface area contributed by atoms with Gasteiger partial charge in [0.05, 0.1) is 41.4 Å². The molecular formula is C25H22N8O5. The van der Waals surface area contributed by atoms with Gasteiger partial charge in [-0.1, -0.05) is 24.3 Å². The van der Waals surface area contributed by atoms with Gasteiger partial charge in [-0.3, -0.25) is 33.6 Å². The van der Waals surface area contributed by atoms with Gasteiger partial charge in [0.1, 0.15) is 11.7 Å². The number of hydrogen-bond acceptors (Lipinski definition) is 8. The van der Waals surface area contributed by atoms with E-state index in [1.54, 1.807) is 30.3 Å². The van der Waals surface area contributed by atoms with Crippen LogP contribution >= 0.6 is 0 Å². The SMILES string of the molecule is O=C(CCn1cnc2ccccc2c1=O)NCCn1ncc2c(=O)n(Cc3ccc([N+](=O)[O-])cc3)cnc21. The van der Waals surface area contributed by atoms with Crippen molar-refractivity contribution in [3.63, 3.8) is 0 Å². The van der Waals surface area contributed by atoms with E-state index in [0.29, 0.717) is 28.5 Å². The number of para-hydroxylation sites is 1. The van der Waals surface area contributed by atoms with E-state index in [9.17, 15) is 24.5 Å². The number of rotatable bonds is 9. The van der Waals surface area contributed by atoms with Crippen LogP contribution in [0.4, 0.5) is 5.69 Å². The highest BCUT2D eigenvalue weighted by molar-refractivity contribution is 5.77. The van der Waals surface area contributed by atoms with E-state index < -0.39 is 4.92 Å². The maximum absolute atomic E-state index is 12.9. The quantitative estimate of drug-likeness (QED) is 0.229. The number of benzene rings is 2. The van der Waals surface area contributed by atoms with Crippen LogP contribution in [0.1, 0.15) is 12.0 Å². The van der Waals surface area contributed by atoms with Gasteiger partial charge < -0.3 is 5.32 Å². The molecule has 3 aromatic heterocycles. The number of aromatic nitrogens is 6. The summed E-state index contributed by atoms with van der Waals surface area (Å²) >= 11 is 0. The first kappa shape index (κ1) is 24.5. The van der Waals surface area contributed by atoms with Crippen LogP contribution < -0.4 is 16.4 Å². The van der Waals surface area contributed by atoms with Crippen molar-refractivity contribution in [2.24, 2.45) is 0 Å². The van der Waals surface area contributed by atoms with Gasteiger partial charge in [-0.25, -0.2) is 14.6 Å². The number of nitro groups is 1. The summed E-state index contributed by atoms with van der Waals surface area (Å²) in [6, 6.07) is 13.0. The second-order valence-corrected chi connectivity index (χ2v) is 8.57. The third-order valence-corrected chi connectivity index (χ3v) is 6.08. The summed E-state index contributed by atoms with van der Waals surface area (Å²) in [7, 11) is 0. The molecule has 13 nitrogen and oxygen atoms in total. The largest absolute Gasteiger partial charge is 0.354 e. The van der Waals surface area contributed by atoms with Crippen LogP contribution in [-0.2, 0) is 24.4 Å². The van der Waals surface area contributed by atoms with E-state index in [1.807, 2.05) is 6.07 Å². The van der Waals surface area contributed by atoms with E-state index in [2.05, 4.69) is 20.4 Å². The number of carbonyl (C=O) groups is 1. The van der Waals surface area contributed by atoms with Crippen molar-refractivity contribution in [3.05, 3.63) is 104 Å². The molecule has 1 amide bonds. The van der Waals surface area contributed by atoms with Crippen LogP contribution in [0.15, 0.2) is 77.0 Å². The van der Waals surface area contributed by atoms with E-state index in [-0.39, 0.29) is 48.8 Å². The summed E-state index contributed by atoms with van der Waals surface area (Å²) in [5.41, 5.74) is 1.20. The number of nitro benzene ring substituents is 1. The highest BCUT2D eigenvalue weighted by Gasteiger charge is 2.12. The fraction of sp³-hybridized carbons (Fsp3) is 0.200. The topological polar surface area (TPSA) is 160 Å². The molecule has 13 heteroatoms. The Balaban J connectivity index is 1.18. The van der Waals surface area contributed by atoms with Crippen LogP contribution in [0.25, 0.3) is 21.9 Å². The van der Waals surface area contributed by atoms with Crippen molar-refractivity contribution in [1.82, 2.24) is 34.2 Å². The van der Waals surface area contributed by atoms with Crippen molar-refractivity contribution < 1.29 is 9.72 Å². The Bertz CT molecular complexity index is 1770. The van der Waals surface area contributed by atoms with E-state index >= 15 is 0 Å². The zero-order valence-corrected chi connectivity index (χ0v) is 20.1. The van der Waals surface area contributed by atoms with Crippen molar-refractivity contribution in [1.29, 1.82) is 0 Å². The predicted octanol–water partition coefficient (Wildman–Crippen LogP) is 1.47. The van der Waals surface area contributed by atoms with Crippen molar-refractivity contribution in [2.75, 3.05) is 6.54 Å². The zero-order valence-electron chi connectivity index (χ0n) is 20.1. The Morgan fingerprint density at radius 2 is 1.66 bits per heavy atom. The van der Waals surface area contributed by atoms with E-state index in [4.69, 9.17) is 0 Å². The molecule has 0 aliphatic rings. The maximum Gasteiger partial charge on any atom is 0.269 e. The second-order valence-electron chi connectivity index (χ2n) is 8.57. The minimum Gasteiger partial charge on any atom is -0.354 e. The summed E-state index contributed by atoms with van der Waals surface area (Å²) < 4.78 is 4.35. The minimum atomic E-state index is -0.482. The summed E-state index contributed by atoms with van der Waals surface area (Å²) in [5, 5.41) is 18.7. The summed E-state index contributed by atoms with van der Waals surface area (Å²) in [4.78, 5) is 56.7. The van der Waals surface area contributed by atoms with Gasteiger partial charge in [-0.05, 0) is 17.7 Å². The third kappa shape index (κ3) is 5.02. The fourth-order valence-corrected chi connectivity index (χ4v) is 4.07. The van der Waals surface area contributed by atoms with E-state index in [0.717, 1.165) is 5.56 Å². The Kier molecular flexibility index (Phi) is 6.72. The molecule has 0 aliphatic heterocycles. The van der Waals surface area contributed by atoms with Crippen LogP contribution in [0.5, 0.6) is 0 Å². The Morgan fingerprint density at radius 3 is 2.45 bits per heavy atom. The molecule has 192 valence electrons. The van der Waals surface area contributed by atoms with E-state index in [1.165, 1.54) is 44.8 Å². The first-order valence-corrected chi connectivity index (χ1v) is 11.8. The molecule has 0 radical (unpaired) electrons. The van der Waals surface area contributed by atoms with Gasteiger partial charge in [0.15, 0.2) is 5.65 Å². The molecule has 5 aromatic rings. The number of amides is 1. The number of hydrogen-bond donors (Lipinski definition) is 1. The Morgan fingerprint density at radius 1 is 0.921 bits per heavy atom. The van der Waals surface area contributed by atoms with Crippen molar-refractivity contribution in [2.45, 2.75) is 26.1 Å². The minimum absolute atomic E-state index is 0.0253. The van der Waals surface area contributed by atoms with Gasteiger partial charge in [-0.15, -0.1) is 0 Å². The molecule has 0 spiro atoms. The average Bonchev–Trinajstić information content (AvgIpc) is 3.34. The summed E-state index contributed by atoms with van der Waals surface area (Å²) in [5.74, 6) is -0.236.